The van der Waals surface area contributed by atoms with Gasteiger partial charge in [-0.05, 0) is 29.3 Å². The number of benzene rings is 2. The van der Waals surface area contributed by atoms with Crippen LogP contribution in [0.1, 0.15) is 11.4 Å². The Morgan fingerprint density at radius 3 is 2.93 bits per heavy atom. The first kappa shape index (κ1) is 18.1. The predicted octanol–water partition coefficient (Wildman–Crippen LogP) is 4.13. The quantitative estimate of drug-likeness (QED) is 0.659. The summed E-state index contributed by atoms with van der Waals surface area (Å²) in [6, 6.07) is 13.4. The molecule has 1 N–H and O–H groups in total. The molecular weight excluding hydrogens is 378 g/mol. The Labute approximate surface area is 167 Å². The largest absolute Gasteiger partial charge is 0.454 e. The number of aromatic nitrogens is 2. The second-order valence-electron chi connectivity index (χ2n) is 6.37. The van der Waals surface area contributed by atoms with Gasteiger partial charge in [0.25, 0.3) is 0 Å². The number of nitrogens with one attached hydrogen (secondary N) is 1. The van der Waals surface area contributed by atoms with E-state index >= 15 is 0 Å². The molecule has 0 aliphatic carbocycles. The van der Waals surface area contributed by atoms with Gasteiger partial charge in [-0.1, -0.05) is 41.9 Å². The zero-order valence-corrected chi connectivity index (χ0v) is 15.9. The maximum Gasteiger partial charge on any atom is 0.246 e. The molecule has 0 saturated heterocycles. The highest BCUT2D eigenvalue weighted by atomic mass is 35.5. The fourth-order valence-corrected chi connectivity index (χ4v) is 3.16. The molecule has 0 fully saturated rings. The second-order valence-corrected chi connectivity index (χ2v) is 6.78. The van der Waals surface area contributed by atoms with Crippen molar-refractivity contribution in [3.63, 3.8) is 0 Å². The smallest absolute Gasteiger partial charge is 0.246 e. The lowest BCUT2D eigenvalue weighted by Crippen LogP contribution is -2.24. The SMILES string of the molecule is CN(Cc1ncc(-c2ccccc2)[nH]1)C(=O)/C=C/c1cc(Cl)c2c(c1)OCO2. The molecule has 0 radical (unpaired) electrons. The number of carbonyl (C=O) groups is 1. The van der Waals surface area contributed by atoms with Crippen molar-refractivity contribution in [2.75, 3.05) is 13.8 Å². The van der Waals surface area contributed by atoms with Crippen LogP contribution in [0.4, 0.5) is 0 Å². The van der Waals surface area contributed by atoms with Crippen LogP contribution in [0.5, 0.6) is 11.5 Å². The molecule has 6 nitrogen and oxygen atoms in total. The van der Waals surface area contributed by atoms with Crippen molar-refractivity contribution < 1.29 is 14.3 Å². The lowest BCUT2D eigenvalue weighted by molar-refractivity contribution is -0.125. The van der Waals surface area contributed by atoms with Crippen molar-refractivity contribution in [2.45, 2.75) is 6.54 Å². The number of aromatic amines is 1. The van der Waals surface area contributed by atoms with E-state index in [1.54, 1.807) is 36.4 Å². The number of hydrogen-bond acceptors (Lipinski definition) is 4. The molecular formula is C21H18ClN3O3. The fourth-order valence-electron chi connectivity index (χ4n) is 2.89. The number of ether oxygens (including phenoxy) is 2. The zero-order valence-electron chi connectivity index (χ0n) is 15.2. The molecule has 7 heteroatoms. The molecule has 0 bridgehead atoms. The minimum Gasteiger partial charge on any atom is -0.454 e. The van der Waals surface area contributed by atoms with Crippen LogP contribution in [-0.2, 0) is 11.3 Å². The minimum atomic E-state index is -0.147. The Hall–Kier alpha value is -3.25. The molecule has 1 aliphatic heterocycles. The third-order valence-electron chi connectivity index (χ3n) is 4.34. The third-order valence-corrected chi connectivity index (χ3v) is 4.63. The summed E-state index contributed by atoms with van der Waals surface area (Å²) in [5, 5.41) is 0.458. The van der Waals surface area contributed by atoms with Gasteiger partial charge < -0.3 is 19.4 Å². The molecule has 142 valence electrons. The normalized spacial score (nSPS) is 12.5. The maximum absolute atomic E-state index is 12.4. The molecule has 2 aromatic carbocycles. The number of halogens is 1. The monoisotopic (exact) mass is 395 g/mol. The van der Waals surface area contributed by atoms with Crippen LogP contribution in [-0.4, -0.2) is 34.6 Å². The third kappa shape index (κ3) is 3.87. The van der Waals surface area contributed by atoms with Gasteiger partial charge in [0.1, 0.15) is 5.82 Å². The number of carbonyl (C=O) groups excluding carboxylic acids is 1. The minimum absolute atomic E-state index is 0.147. The molecule has 1 amide bonds. The lowest BCUT2D eigenvalue weighted by atomic mass is 10.2. The van der Waals surface area contributed by atoms with Gasteiger partial charge in [0.2, 0.25) is 12.7 Å². The number of amides is 1. The first-order valence-electron chi connectivity index (χ1n) is 8.72. The number of hydrogen-bond donors (Lipinski definition) is 1. The summed E-state index contributed by atoms with van der Waals surface area (Å²) in [7, 11) is 1.73. The van der Waals surface area contributed by atoms with Crippen LogP contribution in [0, 0.1) is 0 Å². The molecule has 0 saturated carbocycles. The lowest BCUT2D eigenvalue weighted by Gasteiger charge is -2.13. The van der Waals surface area contributed by atoms with Crippen molar-refractivity contribution in [1.29, 1.82) is 0 Å². The van der Waals surface area contributed by atoms with E-state index in [-0.39, 0.29) is 12.7 Å². The van der Waals surface area contributed by atoms with Gasteiger partial charge in [0.05, 0.1) is 23.5 Å². The van der Waals surface area contributed by atoms with E-state index in [9.17, 15) is 4.79 Å². The summed E-state index contributed by atoms with van der Waals surface area (Å²) < 4.78 is 10.6. The first-order valence-corrected chi connectivity index (χ1v) is 9.09. The summed E-state index contributed by atoms with van der Waals surface area (Å²) >= 11 is 6.17. The van der Waals surface area contributed by atoms with Crippen molar-refractivity contribution in [3.8, 4) is 22.8 Å². The van der Waals surface area contributed by atoms with Crippen molar-refractivity contribution in [2.24, 2.45) is 0 Å². The Kier molecular flexibility index (Phi) is 5.04. The van der Waals surface area contributed by atoms with Crippen molar-refractivity contribution >= 4 is 23.6 Å². The molecule has 0 atom stereocenters. The second kappa shape index (κ2) is 7.78. The van der Waals surface area contributed by atoms with Crippen LogP contribution >= 0.6 is 11.6 Å². The first-order chi connectivity index (χ1) is 13.6. The van der Waals surface area contributed by atoms with Crippen LogP contribution in [0.2, 0.25) is 5.02 Å². The summed E-state index contributed by atoms with van der Waals surface area (Å²) in [6.07, 6.45) is 4.96. The predicted molar refractivity (Wildman–Crippen MR) is 107 cm³/mol. The van der Waals surface area contributed by atoms with Gasteiger partial charge in [-0.3, -0.25) is 4.79 Å². The van der Waals surface area contributed by atoms with E-state index in [0.29, 0.717) is 28.9 Å². The van der Waals surface area contributed by atoms with Crippen molar-refractivity contribution in [1.82, 2.24) is 14.9 Å². The van der Waals surface area contributed by atoms with Gasteiger partial charge in [-0.25, -0.2) is 4.98 Å². The van der Waals surface area contributed by atoms with Gasteiger partial charge >= 0.3 is 0 Å². The van der Waals surface area contributed by atoms with Gasteiger partial charge in [0, 0.05) is 13.1 Å². The number of fused-ring (bicyclic) bond motifs is 1. The highest BCUT2D eigenvalue weighted by Gasteiger charge is 2.17. The van der Waals surface area contributed by atoms with E-state index in [0.717, 1.165) is 16.8 Å². The molecule has 2 heterocycles. The van der Waals surface area contributed by atoms with Crippen LogP contribution in [0.15, 0.2) is 54.7 Å². The van der Waals surface area contributed by atoms with E-state index in [1.807, 2.05) is 30.3 Å². The number of rotatable bonds is 5. The van der Waals surface area contributed by atoms with E-state index in [1.165, 1.54) is 6.08 Å². The van der Waals surface area contributed by atoms with Crippen molar-refractivity contribution in [3.05, 3.63) is 71.1 Å². The molecule has 1 aliphatic rings. The molecule has 28 heavy (non-hydrogen) atoms. The topological polar surface area (TPSA) is 67.5 Å². The molecule has 1 aromatic heterocycles. The maximum atomic E-state index is 12.4. The van der Waals surface area contributed by atoms with Crippen LogP contribution < -0.4 is 9.47 Å². The average Bonchev–Trinajstić information content (AvgIpc) is 3.36. The highest BCUT2D eigenvalue weighted by molar-refractivity contribution is 6.32. The molecule has 0 unspecified atom stereocenters. The highest BCUT2D eigenvalue weighted by Crippen LogP contribution is 2.40. The van der Waals surface area contributed by atoms with E-state index in [4.69, 9.17) is 21.1 Å². The number of H-pyrrole nitrogens is 1. The Morgan fingerprint density at radius 1 is 1.29 bits per heavy atom. The van der Waals surface area contributed by atoms with Crippen LogP contribution in [0.25, 0.3) is 17.3 Å². The summed E-state index contributed by atoms with van der Waals surface area (Å²) in [5.74, 6) is 1.69. The van der Waals surface area contributed by atoms with Crippen LogP contribution in [0.3, 0.4) is 0 Å². The van der Waals surface area contributed by atoms with Gasteiger partial charge in [0.15, 0.2) is 11.5 Å². The Balaban J connectivity index is 1.41. The van der Waals surface area contributed by atoms with E-state index in [2.05, 4.69) is 9.97 Å². The molecule has 3 aromatic rings. The number of nitrogens with zero attached hydrogens (tertiary/aromatic N) is 2. The van der Waals surface area contributed by atoms with Gasteiger partial charge in [-0.15, -0.1) is 0 Å². The number of imidazole rings is 1. The average molecular weight is 396 g/mol. The summed E-state index contributed by atoms with van der Waals surface area (Å²) in [6.45, 7) is 0.524. The zero-order chi connectivity index (χ0) is 19.5. The molecule has 4 rings (SSSR count). The van der Waals surface area contributed by atoms with E-state index < -0.39 is 0 Å². The molecule has 0 spiro atoms. The Bertz CT molecular complexity index is 1030. The van der Waals surface area contributed by atoms with Gasteiger partial charge in [-0.2, -0.15) is 0 Å². The Morgan fingerprint density at radius 2 is 2.11 bits per heavy atom. The fraction of sp³-hybridized carbons (Fsp3) is 0.143. The summed E-state index contributed by atoms with van der Waals surface area (Å²) in [4.78, 5) is 21.6. The summed E-state index contributed by atoms with van der Waals surface area (Å²) in [5.41, 5.74) is 2.73. The number of likely N-dealkylation sites (N-methyl/N-ethyl adjacent to an activating group) is 1. The standard InChI is InChI=1S/C21H18ClN3O3/c1-25(12-19-23-11-17(24-19)15-5-3-2-4-6-15)20(26)8-7-14-9-16(22)21-18(10-14)27-13-28-21/h2-11H,12-13H2,1H3,(H,23,24)/b8-7+.